The second-order valence-corrected chi connectivity index (χ2v) is 10.7. The molecule has 0 unspecified atom stereocenters. The Morgan fingerprint density at radius 2 is 1.77 bits per heavy atom. The van der Waals surface area contributed by atoms with Gasteiger partial charge in [0.15, 0.2) is 0 Å². The number of sulfonamides is 1. The second kappa shape index (κ2) is 9.24. The number of likely N-dealkylation sites (tertiary alicyclic amines) is 1. The number of methoxy groups -OCH3 is 1. The Balaban J connectivity index is 1.33. The van der Waals surface area contributed by atoms with E-state index in [4.69, 9.17) is 9.47 Å². The lowest BCUT2D eigenvalue weighted by atomic mass is 9.83. The molecule has 166 valence electrons. The highest BCUT2D eigenvalue weighted by Crippen LogP contribution is 2.34. The molecule has 7 nitrogen and oxygen atoms in total. The van der Waals surface area contributed by atoms with Gasteiger partial charge in [-0.05, 0) is 56.4 Å². The first-order valence-corrected chi connectivity index (χ1v) is 12.5. The molecule has 1 aliphatic heterocycles. The van der Waals surface area contributed by atoms with Crippen LogP contribution in [0.5, 0.6) is 0 Å². The van der Waals surface area contributed by atoms with Crippen LogP contribution in [0.4, 0.5) is 4.79 Å². The van der Waals surface area contributed by atoms with E-state index < -0.39 is 16.1 Å². The summed E-state index contributed by atoms with van der Waals surface area (Å²) in [5, 5.41) is -0.278. The van der Waals surface area contributed by atoms with Gasteiger partial charge in [-0.1, -0.05) is 30.3 Å². The summed E-state index contributed by atoms with van der Waals surface area (Å²) >= 11 is 0. The third kappa shape index (κ3) is 4.98. The van der Waals surface area contributed by atoms with E-state index in [2.05, 4.69) is 29.0 Å². The molecule has 3 fully saturated rings. The highest BCUT2D eigenvalue weighted by molar-refractivity contribution is 7.90. The van der Waals surface area contributed by atoms with Gasteiger partial charge in [-0.15, -0.1) is 0 Å². The summed E-state index contributed by atoms with van der Waals surface area (Å²) in [6.45, 7) is 0.799. The van der Waals surface area contributed by atoms with Crippen LogP contribution in [0, 0.1) is 0 Å². The Bertz CT molecular complexity index is 819. The first-order chi connectivity index (χ1) is 14.5. The fraction of sp³-hybridized carbons (Fsp3) is 0.682. The van der Waals surface area contributed by atoms with Gasteiger partial charge in [0.1, 0.15) is 0 Å². The molecule has 8 heteroatoms. The topological polar surface area (TPSA) is 84.9 Å². The Kier molecular flexibility index (Phi) is 6.65. The van der Waals surface area contributed by atoms with Crippen LogP contribution >= 0.6 is 0 Å². The Hall–Kier alpha value is -1.64. The van der Waals surface area contributed by atoms with Crippen LogP contribution in [-0.4, -0.2) is 63.1 Å². The fourth-order valence-corrected chi connectivity index (χ4v) is 6.40. The van der Waals surface area contributed by atoms with Gasteiger partial charge in [0.2, 0.25) is 10.0 Å². The number of hydrogen-bond donors (Lipinski definition) is 1. The number of ether oxygens (including phenoxy) is 2. The lowest BCUT2D eigenvalue weighted by Gasteiger charge is -2.32. The third-order valence-corrected chi connectivity index (χ3v) is 8.66. The van der Waals surface area contributed by atoms with Crippen LogP contribution in [0.25, 0.3) is 0 Å². The van der Waals surface area contributed by atoms with Crippen molar-refractivity contribution in [2.24, 2.45) is 0 Å². The smallest absolute Gasteiger partial charge is 0.409 e. The average molecular weight is 437 g/mol. The number of hydrogen-bond acceptors (Lipinski definition) is 5. The van der Waals surface area contributed by atoms with Crippen LogP contribution in [0.2, 0.25) is 0 Å². The molecule has 2 atom stereocenters. The van der Waals surface area contributed by atoms with E-state index >= 15 is 0 Å². The van der Waals surface area contributed by atoms with Gasteiger partial charge in [0.25, 0.3) is 0 Å². The average Bonchev–Trinajstić information content (AvgIpc) is 3.56. The van der Waals surface area contributed by atoms with E-state index in [0.717, 1.165) is 25.7 Å². The quantitative estimate of drug-likeness (QED) is 0.710. The number of nitrogens with one attached hydrogen (secondary N) is 1. The minimum atomic E-state index is -3.32. The first kappa shape index (κ1) is 21.6. The zero-order chi connectivity index (χ0) is 21.1. The van der Waals surface area contributed by atoms with Gasteiger partial charge in [-0.3, -0.25) is 0 Å². The van der Waals surface area contributed by atoms with Crippen molar-refractivity contribution in [3.05, 3.63) is 35.9 Å². The van der Waals surface area contributed by atoms with E-state index in [1.54, 1.807) is 4.90 Å². The molecule has 1 N–H and O–H groups in total. The molecule has 1 amide bonds. The Labute approximate surface area is 179 Å². The van der Waals surface area contributed by atoms with Crippen molar-refractivity contribution in [2.45, 2.75) is 74.3 Å². The molecule has 3 aliphatic rings. The number of rotatable bonds is 7. The summed E-state index contributed by atoms with van der Waals surface area (Å²) in [6.07, 6.45) is 5.84. The molecule has 0 aromatic heterocycles. The number of benzene rings is 1. The van der Waals surface area contributed by atoms with Crippen molar-refractivity contribution in [1.29, 1.82) is 0 Å². The molecule has 2 saturated carbocycles. The van der Waals surface area contributed by atoms with Crippen LogP contribution < -0.4 is 4.72 Å². The zero-order valence-corrected chi connectivity index (χ0v) is 18.4. The van der Waals surface area contributed by atoms with Gasteiger partial charge in [0, 0.05) is 12.6 Å². The Morgan fingerprint density at radius 1 is 1.07 bits per heavy atom. The first-order valence-electron chi connectivity index (χ1n) is 11.0. The summed E-state index contributed by atoms with van der Waals surface area (Å²) < 4.78 is 38.8. The minimum absolute atomic E-state index is 0.144. The maximum absolute atomic E-state index is 12.4. The molecule has 1 aromatic rings. The van der Waals surface area contributed by atoms with Gasteiger partial charge in [0.05, 0.1) is 31.1 Å². The fourth-order valence-electron chi connectivity index (χ4n) is 4.75. The SMILES string of the molecule is COC(=O)N1CC[C@H](NS(=O)(=O)C2CC2)[C@@H]1CO[C@H]1CC[C@@H](c2ccccc2)CC1. The lowest BCUT2D eigenvalue weighted by Crippen LogP contribution is -2.50. The molecule has 0 radical (unpaired) electrons. The summed E-state index contributed by atoms with van der Waals surface area (Å²) in [6, 6.07) is 9.93. The molecular formula is C22H32N2O5S. The minimum Gasteiger partial charge on any atom is -0.453 e. The van der Waals surface area contributed by atoms with Crippen molar-refractivity contribution >= 4 is 16.1 Å². The van der Waals surface area contributed by atoms with E-state index in [9.17, 15) is 13.2 Å². The predicted octanol–water partition coefficient (Wildman–Crippen LogP) is 3.02. The number of carbonyl (C=O) groups is 1. The maximum atomic E-state index is 12.4. The van der Waals surface area contributed by atoms with Crippen LogP contribution in [0.1, 0.15) is 56.4 Å². The lowest BCUT2D eigenvalue weighted by molar-refractivity contribution is -0.00535. The van der Waals surface area contributed by atoms with Crippen molar-refractivity contribution in [3.8, 4) is 0 Å². The number of nitrogens with zero attached hydrogens (tertiary/aromatic N) is 1. The molecule has 1 heterocycles. The molecule has 4 rings (SSSR count). The normalized spacial score (nSPS) is 29.7. The third-order valence-electron chi connectivity index (χ3n) is 6.68. The van der Waals surface area contributed by atoms with Crippen LogP contribution in [0.15, 0.2) is 30.3 Å². The van der Waals surface area contributed by atoms with E-state index in [1.165, 1.54) is 12.7 Å². The molecule has 0 bridgehead atoms. The molecular weight excluding hydrogens is 404 g/mol. The van der Waals surface area contributed by atoms with E-state index in [1.807, 2.05) is 6.07 Å². The second-order valence-electron chi connectivity index (χ2n) is 8.71. The van der Waals surface area contributed by atoms with Crippen molar-refractivity contribution in [1.82, 2.24) is 9.62 Å². The molecule has 30 heavy (non-hydrogen) atoms. The predicted molar refractivity (Wildman–Crippen MR) is 114 cm³/mol. The van der Waals surface area contributed by atoms with Gasteiger partial charge >= 0.3 is 6.09 Å². The number of carbonyl (C=O) groups excluding carboxylic acids is 1. The van der Waals surface area contributed by atoms with E-state index in [0.29, 0.717) is 38.3 Å². The van der Waals surface area contributed by atoms with Gasteiger partial charge < -0.3 is 14.4 Å². The van der Waals surface area contributed by atoms with Gasteiger partial charge in [-0.25, -0.2) is 17.9 Å². The largest absolute Gasteiger partial charge is 0.453 e. The summed E-state index contributed by atoms with van der Waals surface area (Å²) in [7, 11) is -1.97. The van der Waals surface area contributed by atoms with Crippen LogP contribution in [-0.2, 0) is 19.5 Å². The zero-order valence-electron chi connectivity index (χ0n) is 17.5. The monoisotopic (exact) mass is 436 g/mol. The van der Waals surface area contributed by atoms with Crippen molar-refractivity contribution < 1.29 is 22.7 Å². The van der Waals surface area contributed by atoms with E-state index in [-0.39, 0.29) is 23.4 Å². The van der Waals surface area contributed by atoms with Crippen molar-refractivity contribution in [3.63, 3.8) is 0 Å². The molecule has 1 saturated heterocycles. The van der Waals surface area contributed by atoms with Gasteiger partial charge in [-0.2, -0.15) is 0 Å². The highest BCUT2D eigenvalue weighted by atomic mass is 32.2. The molecule has 0 spiro atoms. The summed E-state index contributed by atoms with van der Waals surface area (Å²) in [5.74, 6) is 0.571. The maximum Gasteiger partial charge on any atom is 0.409 e. The highest BCUT2D eigenvalue weighted by Gasteiger charge is 2.44. The van der Waals surface area contributed by atoms with Crippen LogP contribution in [0.3, 0.4) is 0 Å². The standard InChI is InChI=1S/C22H32N2O5S/c1-28-22(25)24-14-13-20(23-30(26,27)19-11-12-19)21(24)15-29-18-9-7-17(8-10-18)16-5-3-2-4-6-16/h2-6,17-21,23H,7-15H2,1H3/t17-,18+,20-,21-/m0/s1. The summed E-state index contributed by atoms with van der Waals surface area (Å²) in [4.78, 5) is 13.8. The van der Waals surface area contributed by atoms with Crippen molar-refractivity contribution in [2.75, 3.05) is 20.3 Å². The Morgan fingerprint density at radius 3 is 2.40 bits per heavy atom. The summed E-state index contributed by atoms with van der Waals surface area (Å²) in [5.41, 5.74) is 1.39. The molecule has 1 aromatic carbocycles. The molecule has 2 aliphatic carbocycles. The number of amides is 1.